The Morgan fingerprint density at radius 3 is 2.55 bits per heavy atom. The highest BCUT2D eigenvalue weighted by atomic mass is 19.4. The smallest absolute Gasteiger partial charge is 0.481 e. The van der Waals surface area contributed by atoms with Crippen LogP contribution in [0.15, 0.2) is 36.5 Å². The van der Waals surface area contributed by atoms with Gasteiger partial charge in [-0.15, -0.1) is 13.2 Å². The van der Waals surface area contributed by atoms with Crippen LogP contribution in [0.5, 0.6) is 11.6 Å². The second kappa shape index (κ2) is 5.28. The Morgan fingerprint density at radius 2 is 1.90 bits per heavy atom. The summed E-state index contributed by atoms with van der Waals surface area (Å²) in [4.78, 5) is 3.98. The summed E-state index contributed by atoms with van der Waals surface area (Å²) in [5, 5.41) is 0. The van der Waals surface area contributed by atoms with Crippen molar-refractivity contribution in [2.75, 3.05) is 12.8 Å². The maximum atomic E-state index is 12.2. The minimum atomic E-state index is -4.76. The van der Waals surface area contributed by atoms with E-state index in [0.717, 1.165) is 6.07 Å². The van der Waals surface area contributed by atoms with E-state index >= 15 is 0 Å². The molecule has 2 aromatic rings. The Morgan fingerprint density at radius 1 is 1.15 bits per heavy atom. The van der Waals surface area contributed by atoms with E-state index in [0.29, 0.717) is 16.8 Å². The molecule has 0 fully saturated rings. The maximum absolute atomic E-state index is 12.2. The molecule has 0 unspecified atom stereocenters. The monoisotopic (exact) mass is 284 g/mol. The Hall–Kier alpha value is -2.44. The number of halogens is 3. The van der Waals surface area contributed by atoms with Gasteiger partial charge in [-0.25, -0.2) is 4.98 Å². The first-order chi connectivity index (χ1) is 9.40. The summed E-state index contributed by atoms with van der Waals surface area (Å²) in [6, 6.07) is 6.96. The van der Waals surface area contributed by atoms with Crippen molar-refractivity contribution in [2.45, 2.75) is 6.36 Å². The number of hydrogen-bond donors (Lipinski definition) is 1. The van der Waals surface area contributed by atoms with E-state index in [-0.39, 0.29) is 11.6 Å². The zero-order valence-electron chi connectivity index (χ0n) is 10.4. The molecule has 1 heterocycles. The van der Waals surface area contributed by atoms with Crippen LogP contribution in [-0.2, 0) is 0 Å². The molecule has 1 aromatic heterocycles. The number of nitrogen functional groups attached to an aromatic ring is 1. The van der Waals surface area contributed by atoms with Crippen molar-refractivity contribution in [1.29, 1.82) is 0 Å². The van der Waals surface area contributed by atoms with E-state index in [1.54, 1.807) is 12.1 Å². The molecule has 0 saturated heterocycles. The summed E-state index contributed by atoms with van der Waals surface area (Å²) >= 11 is 0. The number of alkyl halides is 3. The van der Waals surface area contributed by atoms with Gasteiger partial charge >= 0.3 is 6.36 Å². The van der Waals surface area contributed by atoms with Crippen molar-refractivity contribution in [1.82, 2.24) is 4.98 Å². The molecule has 2 N–H and O–H groups in total. The topological polar surface area (TPSA) is 57.4 Å². The molecule has 0 bridgehead atoms. The van der Waals surface area contributed by atoms with Gasteiger partial charge in [0, 0.05) is 23.0 Å². The zero-order chi connectivity index (χ0) is 14.8. The molecular weight excluding hydrogens is 273 g/mol. The second-order valence-corrected chi connectivity index (χ2v) is 3.86. The summed E-state index contributed by atoms with van der Waals surface area (Å²) in [5.41, 5.74) is 6.93. The van der Waals surface area contributed by atoms with Gasteiger partial charge in [0.15, 0.2) is 0 Å². The van der Waals surface area contributed by atoms with Crippen LogP contribution < -0.4 is 15.2 Å². The molecule has 1 aromatic carbocycles. The molecule has 0 radical (unpaired) electrons. The molecule has 0 amide bonds. The molecule has 106 valence electrons. The largest absolute Gasteiger partial charge is 0.573 e. The average molecular weight is 284 g/mol. The van der Waals surface area contributed by atoms with Gasteiger partial charge in [0.05, 0.1) is 7.11 Å². The fourth-order valence-electron chi connectivity index (χ4n) is 1.72. The Labute approximate surface area is 113 Å². The number of aromatic nitrogens is 1. The van der Waals surface area contributed by atoms with Crippen LogP contribution in [0.1, 0.15) is 0 Å². The van der Waals surface area contributed by atoms with Gasteiger partial charge in [0.1, 0.15) is 5.75 Å². The van der Waals surface area contributed by atoms with Gasteiger partial charge in [-0.2, -0.15) is 0 Å². The Bertz CT molecular complexity index is 615. The van der Waals surface area contributed by atoms with Gasteiger partial charge < -0.3 is 15.2 Å². The van der Waals surface area contributed by atoms with Crippen molar-refractivity contribution in [3.05, 3.63) is 36.5 Å². The number of pyridine rings is 1. The number of nitrogens with zero attached hydrogens (tertiary/aromatic N) is 1. The van der Waals surface area contributed by atoms with Gasteiger partial charge in [0.2, 0.25) is 5.88 Å². The van der Waals surface area contributed by atoms with Gasteiger partial charge in [-0.1, -0.05) is 0 Å². The first kappa shape index (κ1) is 14.0. The Balaban J connectivity index is 2.48. The predicted octanol–water partition coefficient (Wildman–Crippen LogP) is 3.24. The molecule has 0 saturated carbocycles. The number of nitrogens with two attached hydrogens (primary N) is 1. The summed E-state index contributed by atoms with van der Waals surface area (Å²) in [6.45, 7) is 0. The fourth-order valence-corrected chi connectivity index (χ4v) is 1.72. The second-order valence-electron chi connectivity index (χ2n) is 3.86. The minimum absolute atomic E-state index is 0.267. The van der Waals surface area contributed by atoms with Crippen molar-refractivity contribution in [3.63, 3.8) is 0 Å². The Kier molecular flexibility index (Phi) is 3.69. The summed E-state index contributed by atoms with van der Waals surface area (Å²) in [6.07, 6.45) is -3.25. The van der Waals surface area contributed by atoms with E-state index in [2.05, 4.69) is 9.72 Å². The quantitative estimate of drug-likeness (QED) is 0.879. The van der Waals surface area contributed by atoms with Crippen molar-refractivity contribution in [3.8, 4) is 22.8 Å². The lowest BCUT2D eigenvalue weighted by Crippen LogP contribution is -2.17. The standard InChI is InChI=1S/C13H11F3N2O2/c1-19-12-9(3-2-6-18-12)10-7-8(4-5-11(10)17)20-13(14,15)16/h2-7H,17H2,1H3. The molecule has 0 aliphatic carbocycles. The van der Waals surface area contributed by atoms with Crippen LogP contribution >= 0.6 is 0 Å². The van der Waals surface area contributed by atoms with E-state index in [9.17, 15) is 13.2 Å². The number of hydrogen-bond acceptors (Lipinski definition) is 4. The highest BCUT2D eigenvalue weighted by Crippen LogP contribution is 2.35. The lowest BCUT2D eigenvalue weighted by Gasteiger charge is -2.13. The number of rotatable bonds is 3. The molecule has 20 heavy (non-hydrogen) atoms. The fraction of sp³-hybridized carbons (Fsp3) is 0.154. The van der Waals surface area contributed by atoms with Crippen molar-refractivity contribution in [2.24, 2.45) is 0 Å². The van der Waals surface area contributed by atoms with Gasteiger partial charge in [-0.05, 0) is 30.3 Å². The minimum Gasteiger partial charge on any atom is -0.481 e. The van der Waals surface area contributed by atoms with E-state index in [4.69, 9.17) is 10.5 Å². The highest BCUT2D eigenvalue weighted by Gasteiger charge is 2.31. The number of ether oxygens (including phenoxy) is 2. The normalized spacial score (nSPS) is 11.2. The summed E-state index contributed by atoms with van der Waals surface area (Å²) < 4.78 is 45.6. The molecule has 0 aliphatic heterocycles. The number of anilines is 1. The molecule has 7 heteroatoms. The average Bonchev–Trinajstić information content (AvgIpc) is 2.39. The molecule has 0 aliphatic rings. The molecule has 0 spiro atoms. The SMILES string of the molecule is COc1ncccc1-c1cc(OC(F)(F)F)ccc1N. The van der Waals surface area contributed by atoms with Crippen molar-refractivity contribution < 1.29 is 22.6 Å². The van der Waals surface area contributed by atoms with Crippen LogP contribution in [0.3, 0.4) is 0 Å². The van der Waals surface area contributed by atoms with Crippen LogP contribution in [0.25, 0.3) is 11.1 Å². The number of methoxy groups -OCH3 is 1. The van der Waals surface area contributed by atoms with Crippen LogP contribution in [0, 0.1) is 0 Å². The lowest BCUT2D eigenvalue weighted by molar-refractivity contribution is -0.274. The third kappa shape index (κ3) is 3.11. The van der Waals surface area contributed by atoms with Gasteiger partial charge in [-0.3, -0.25) is 0 Å². The van der Waals surface area contributed by atoms with Crippen LogP contribution in [0.4, 0.5) is 18.9 Å². The predicted molar refractivity (Wildman–Crippen MR) is 67.3 cm³/mol. The molecule has 2 rings (SSSR count). The third-order valence-electron chi connectivity index (χ3n) is 2.51. The highest BCUT2D eigenvalue weighted by molar-refractivity contribution is 5.80. The number of benzene rings is 1. The molecule has 0 atom stereocenters. The van der Waals surface area contributed by atoms with Crippen molar-refractivity contribution >= 4 is 5.69 Å². The summed E-state index contributed by atoms with van der Waals surface area (Å²) in [7, 11) is 1.41. The van der Waals surface area contributed by atoms with E-state index in [1.807, 2.05) is 0 Å². The molecule has 4 nitrogen and oxygen atoms in total. The van der Waals surface area contributed by atoms with Crippen LogP contribution in [-0.4, -0.2) is 18.5 Å². The van der Waals surface area contributed by atoms with E-state index in [1.165, 1.54) is 25.4 Å². The first-order valence-corrected chi connectivity index (χ1v) is 5.55. The molecular formula is C13H11F3N2O2. The lowest BCUT2D eigenvalue weighted by atomic mass is 10.0. The third-order valence-corrected chi connectivity index (χ3v) is 2.51. The van der Waals surface area contributed by atoms with Gasteiger partial charge in [0.25, 0.3) is 0 Å². The van der Waals surface area contributed by atoms with Crippen LogP contribution in [0.2, 0.25) is 0 Å². The zero-order valence-corrected chi connectivity index (χ0v) is 10.4. The first-order valence-electron chi connectivity index (χ1n) is 5.55. The maximum Gasteiger partial charge on any atom is 0.573 e. The summed E-state index contributed by atoms with van der Waals surface area (Å²) in [5.74, 6) is -0.0871. The van der Waals surface area contributed by atoms with E-state index < -0.39 is 6.36 Å².